The number of hydrogen-bond donors (Lipinski definition) is 1. The first-order chi connectivity index (χ1) is 14.0. The first kappa shape index (κ1) is 21.6. The highest BCUT2D eigenvalue weighted by Crippen LogP contribution is 2.32. The van der Waals surface area contributed by atoms with E-state index in [1.54, 1.807) is 19.1 Å². The highest BCUT2D eigenvalue weighted by Gasteiger charge is 2.18. The predicted octanol–water partition coefficient (Wildman–Crippen LogP) is 2.61. The standard InChI is InChI=1S/C21H27ClN2O5/c1-3-15-11-20(25)29-18-13-19(17(22)12-16(15)18)28-14(2)21(26)23-5-4-6-24-7-9-27-10-8-24/h11-14H,3-10H2,1-2H3,(H,23,26). The molecule has 0 radical (unpaired) electrons. The van der Waals surface area contributed by atoms with Crippen LogP contribution in [-0.4, -0.2) is 56.3 Å². The monoisotopic (exact) mass is 422 g/mol. The van der Waals surface area contributed by atoms with E-state index in [0.717, 1.165) is 50.2 Å². The molecule has 1 aliphatic rings. The summed E-state index contributed by atoms with van der Waals surface area (Å²) < 4.78 is 16.3. The van der Waals surface area contributed by atoms with Crippen molar-refractivity contribution in [2.75, 3.05) is 39.4 Å². The van der Waals surface area contributed by atoms with E-state index in [1.165, 1.54) is 6.07 Å². The fourth-order valence-electron chi connectivity index (χ4n) is 3.34. The molecular formula is C21H27ClN2O5. The van der Waals surface area contributed by atoms with Gasteiger partial charge in [0.15, 0.2) is 6.10 Å². The van der Waals surface area contributed by atoms with Crippen LogP contribution in [0, 0.1) is 0 Å². The molecule has 1 unspecified atom stereocenters. The van der Waals surface area contributed by atoms with E-state index in [9.17, 15) is 9.59 Å². The molecule has 29 heavy (non-hydrogen) atoms. The van der Waals surface area contributed by atoms with Crippen LogP contribution < -0.4 is 15.7 Å². The molecule has 0 aliphatic carbocycles. The van der Waals surface area contributed by atoms with Gasteiger partial charge in [0, 0.05) is 37.2 Å². The second-order valence-corrected chi connectivity index (χ2v) is 7.49. The number of halogens is 1. The zero-order chi connectivity index (χ0) is 20.8. The molecule has 8 heteroatoms. The molecule has 2 heterocycles. The smallest absolute Gasteiger partial charge is 0.336 e. The van der Waals surface area contributed by atoms with Gasteiger partial charge in [-0.1, -0.05) is 18.5 Å². The first-order valence-corrected chi connectivity index (χ1v) is 10.4. The molecule has 1 amide bonds. The molecule has 0 bridgehead atoms. The van der Waals surface area contributed by atoms with Gasteiger partial charge in [-0.2, -0.15) is 0 Å². The van der Waals surface area contributed by atoms with E-state index in [1.807, 2.05) is 6.92 Å². The zero-order valence-electron chi connectivity index (χ0n) is 16.8. The van der Waals surface area contributed by atoms with Crippen molar-refractivity contribution in [3.63, 3.8) is 0 Å². The molecule has 1 aromatic carbocycles. The average Bonchev–Trinajstić information content (AvgIpc) is 2.72. The van der Waals surface area contributed by atoms with E-state index >= 15 is 0 Å². The van der Waals surface area contributed by atoms with Crippen LogP contribution in [0.15, 0.2) is 27.4 Å². The maximum Gasteiger partial charge on any atom is 0.336 e. The summed E-state index contributed by atoms with van der Waals surface area (Å²) in [5, 5.41) is 4.02. The molecule has 158 valence electrons. The number of hydrogen-bond acceptors (Lipinski definition) is 6. The van der Waals surface area contributed by atoms with Crippen molar-refractivity contribution in [2.45, 2.75) is 32.8 Å². The number of nitrogens with zero attached hydrogens (tertiary/aromatic N) is 1. The predicted molar refractivity (Wildman–Crippen MR) is 112 cm³/mol. The Morgan fingerprint density at radius 3 is 2.79 bits per heavy atom. The van der Waals surface area contributed by atoms with E-state index < -0.39 is 11.7 Å². The number of morpholine rings is 1. The van der Waals surface area contributed by atoms with Crippen molar-refractivity contribution < 1.29 is 18.7 Å². The summed E-state index contributed by atoms with van der Waals surface area (Å²) in [6, 6.07) is 4.74. The molecular weight excluding hydrogens is 396 g/mol. The van der Waals surface area contributed by atoms with Gasteiger partial charge < -0.3 is 19.2 Å². The zero-order valence-corrected chi connectivity index (χ0v) is 17.6. The Bertz CT molecular complexity index is 908. The van der Waals surface area contributed by atoms with Gasteiger partial charge in [0.2, 0.25) is 0 Å². The van der Waals surface area contributed by atoms with Crippen LogP contribution in [0.4, 0.5) is 0 Å². The fourth-order valence-corrected chi connectivity index (χ4v) is 3.55. The van der Waals surface area contributed by atoms with Gasteiger partial charge in [0.25, 0.3) is 5.91 Å². The van der Waals surface area contributed by atoms with Crippen LogP contribution in [-0.2, 0) is 16.0 Å². The number of amides is 1. The molecule has 1 saturated heterocycles. The van der Waals surface area contributed by atoms with E-state index in [4.69, 9.17) is 25.5 Å². The molecule has 1 N–H and O–H groups in total. The lowest BCUT2D eigenvalue weighted by Gasteiger charge is -2.26. The van der Waals surface area contributed by atoms with Crippen molar-refractivity contribution >= 4 is 28.5 Å². The van der Waals surface area contributed by atoms with E-state index in [0.29, 0.717) is 29.3 Å². The van der Waals surface area contributed by atoms with Gasteiger partial charge >= 0.3 is 5.63 Å². The van der Waals surface area contributed by atoms with Gasteiger partial charge in [-0.15, -0.1) is 0 Å². The number of aryl methyl sites for hydroxylation is 1. The highest BCUT2D eigenvalue weighted by molar-refractivity contribution is 6.32. The van der Waals surface area contributed by atoms with Gasteiger partial charge in [0.05, 0.1) is 18.2 Å². The van der Waals surface area contributed by atoms with Crippen molar-refractivity contribution in [3.05, 3.63) is 39.2 Å². The molecule has 1 atom stereocenters. The average molecular weight is 423 g/mol. The molecule has 7 nitrogen and oxygen atoms in total. The topological polar surface area (TPSA) is 81.0 Å². The first-order valence-electron chi connectivity index (χ1n) is 9.98. The Hall–Kier alpha value is -2.09. The van der Waals surface area contributed by atoms with Crippen LogP contribution in [0.1, 0.15) is 25.8 Å². The summed E-state index contributed by atoms with van der Waals surface area (Å²) in [7, 11) is 0. The van der Waals surface area contributed by atoms with Crippen LogP contribution in [0.5, 0.6) is 5.75 Å². The Kier molecular flexibility index (Phi) is 7.52. The van der Waals surface area contributed by atoms with Crippen molar-refractivity contribution in [3.8, 4) is 5.75 Å². The summed E-state index contributed by atoms with van der Waals surface area (Å²) in [5.74, 6) is 0.0958. The molecule has 0 spiro atoms. The van der Waals surface area contributed by atoms with Crippen molar-refractivity contribution in [2.24, 2.45) is 0 Å². The third-order valence-corrected chi connectivity index (χ3v) is 5.29. The van der Waals surface area contributed by atoms with E-state index in [2.05, 4.69) is 10.2 Å². The molecule has 2 aromatic rings. The second-order valence-electron chi connectivity index (χ2n) is 7.08. The lowest BCUT2D eigenvalue weighted by Crippen LogP contribution is -2.40. The molecule has 1 aliphatic heterocycles. The third-order valence-electron chi connectivity index (χ3n) is 4.99. The summed E-state index contributed by atoms with van der Waals surface area (Å²) in [6.45, 7) is 8.52. The summed E-state index contributed by atoms with van der Waals surface area (Å²) >= 11 is 6.34. The largest absolute Gasteiger partial charge is 0.479 e. The maximum absolute atomic E-state index is 12.3. The number of carbonyl (C=O) groups is 1. The third kappa shape index (κ3) is 5.72. The minimum atomic E-state index is -0.727. The number of ether oxygens (including phenoxy) is 2. The summed E-state index contributed by atoms with van der Waals surface area (Å²) in [5.41, 5.74) is 0.830. The minimum absolute atomic E-state index is 0.216. The Labute approximate surface area is 174 Å². The summed E-state index contributed by atoms with van der Waals surface area (Å²) in [6.07, 6.45) is 0.816. The van der Waals surface area contributed by atoms with Crippen LogP contribution in [0.25, 0.3) is 11.0 Å². The Balaban J connectivity index is 1.57. The van der Waals surface area contributed by atoms with Crippen molar-refractivity contribution in [1.29, 1.82) is 0 Å². The van der Waals surface area contributed by atoms with Gasteiger partial charge in [-0.05, 0) is 37.9 Å². The van der Waals surface area contributed by atoms with Crippen LogP contribution in [0.3, 0.4) is 0 Å². The van der Waals surface area contributed by atoms with Crippen LogP contribution >= 0.6 is 11.6 Å². The van der Waals surface area contributed by atoms with Crippen LogP contribution in [0.2, 0.25) is 5.02 Å². The Morgan fingerprint density at radius 2 is 2.07 bits per heavy atom. The molecule has 3 rings (SSSR count). The number of nitrogens with one attached hydrogen (secondary N) is 1. The Morgan fingerprint density at radius 1 is 1.31 bits per heavy atom. The van der Waals surface area contributed by atoms with Gasteiger partial charge in [-0.25, -0.2) is 4.79 Å². The van der Waals surface area contributed by atoms with Gasteiger partial charge in [-0.3, -0.25) is 9.69 Å². The second kappa shape index (κ2) is 10.1. The minimum Gasteiger partial charge on any atom is -0.479 e. The quantitative estimate of drug-likeness (QED) is 0.520. The van der Waals surface area contributed by atoms with Crippen molar-refractivity contribution in [1.82, 2.24) is 10.2 Å². The number of rotatable bonds is 8. The lowest BCUT2D eigenvalue weighted by molar-refractivity contribution is -0.127. The number of fused-ring (bicyclic) bond motifs is 1. The highest BCUT2D eigenvalue weighted by atomic mass is 35.5. The van der Waals surface area contributed by atoms with Gasteiger partial charge in [0.1, 0.15) is 11.3 Å². The lowest BCUT2D eigenvalue weighted by atomic mass is 10.1. The molecule has 0 saturated carbocycles. The maximum atomic E-state index is 12.3. The normalized spacial score (nSPS) is 16.0. The number of benzene rings is 1. The fraction of sp³-hybridized carbons (Fsp3) is 0.524. The molecule has 1 fully saturated rings. The summed E-state index contributed by atoms with van der Waals surface area (Å²) in [4.78, 5) is 26.4. The molecule has 1 aromatic heterocycles. The SMILES string of the molecule is CCc1cc(=O)oc2cc(OC(C)C(=O)NCCCN3CCOCC3)c(Cl)cc12. The number of carbonyl (C=O) groups excluding carboxylic acids is 1. The van der Waals surface area contributed by atoms with E-state index in [-0.39, 0.29) is 5.91 Å².